The Kier molecular flexibility index (Phi) is 7.40. The van der Waals surface area contributed by atoms with E-state index >= 15 is 0 Å². The van der Waals surface area contributed by atoms with Crippen LogP contribution < -0.4 is 10.6 Å². The van der Waals surface area contributed by atoms with Crippen LogP contribution in [0.3, 0.4) is 0 Å². The van der Waals surface area contributed by atoms with Crippen molar-refractivity contribution in [3.8, 4) is 0 Å². The average Bonchev–Trinajstić information content (AvgIpc) is 3.38. The molecule has 3 aromatic rings. The number of hydrogen-bond acceptors (Lipinski definition) is 5. The van der Waals surface area contributed by atoms with Gasteiger partial charge >= 0.3 is 0 Å². The van der Waals surface area contributed by atoms with Gasteiger partial charge in [0.05, 0.1) is 23.4 Å². The van der Waals surface area contributed by atoms with E-state index in [0.717, 1.165) is 16.8 Å². The number of piperazine rings is 1. The van der Waals surface area contributed by atoms with Crippen LogP contribution in [0.25, 0.3) is 0 Å². The highest BCUT2D eigenvalue weighted by Crippen LogP contribution is 2.21. The lowest BCUT2D eigenvalue weighted by atomic mass is 10.1. The summed E-state index contributed by atoms with van der Waals surface area (Å²) in [5.41, 5.74) is 4.57. The number of nitrogens with one attached hydrogen (secondary N) is 2. The van der Waals surface area contributed by atoms with E-state index in [9.17, 15) is 14.4 Å². The van der Waals surface area contributed by atoms with Gasteiger partial charge in [-0.15, -0.1) is 0 Å². The Morgan fingerprint density at radius 1 is 0.882 bits per heavy atom. The van der Waals surface area contributed by atoms with E-state index in [-0.39, 0.29) is 24.3 Å². The molecule has 4 rings (SSSR count). The number of para-hydroxylation sites is 1. The number of benzene rings is 2. The van der Waals surface area contributed by atoms with Gasteiger partial charge in [0.2, 0.25) is 5.91 Å². The van der Waals surface area contributed by atoms with E-state index in [1.54, 1.807) is 40.6 Å². The van der Waals surface area contributed by atoms with Gasteiger partial charge in [-0.3, -0.25) is 19.3 Å². The lowest BCUT2D eigenvalue weighted by Gasteiger charge is -2.34. The Hall–Kier alpha value is -3.49. The van der Waals surface area contributed by atoms with E-state index in [4.69, 9.17) is 0 Å². The van der Waals surface area contributed by atoms with Gasteiger partial charge in [0, 0.05) is 37.2 Å². The van der Waals surface area contributed by atoms with E-state index in [0.29, 0.717) is 43.0 Å². The highest BCUT2D eigenvalue weighted by Gasteiger charge is 2.25. The molecule has 0 atom stereocenters. The second-order valence-electron chi connectivity index (χ2n) is 8.38. The minimum Gasteiger partial charge on any atom is -0.336 e. The fourth-order valence-electron chi connectivity index (χ4n) is 3.93. The monoisotopic (exact) mass is 476 g/mol. The lowest BCUT2D eigenvalue weighted by molar-refractivity contribution is -0.117. The average molecular weight is 477 g/mol. The molecule has 0 saturated carbocycles. The predicted octanol–water partition coefficient (Wildman–Crippen LogP) is 4.01. The maximum Gasteiger partial charge on any atom is 0.256 e. The Labute approximate surface area is 203 Å². The molecule has 34 heavy (non-hydrogen) atoms. The molecular weight excluding hydrogens is 448 g/mol. The lowest BCUT2D eigenvalue weighted by Crippen LogP contribution is -2.50. The van der Waals surface area contributed by atoms with Crippen LogP contribution >= 0.6 is 11.3 Å². The second-order valence-corrected chi connectivity index (χ2v) is 9.16. The first-order chi connectivity index (χ1) is 16.4. The largest absolute Gasteiger partial charge is 0.336 e. The minimum atomic E-state index is -0.235. The standard InChI is InChI=1S/C26H28N4O3S/c1-18-6-5-9-22(19(18)2)27-24(31)16-29-11-13-30(14-12-29)26(33)21-7-3-4-8-23(21)28-25(32)20-10-15-34-17-20/h3-10,15,17H,11-14,16H2,1-2H3,(H,27,31)(H,28,32). The molecule has 0 spiro atoms. The zero-order valence-corrected chi connectivity index (χ0v) is 20.2. The molecule has 2 heterocycles. The number of aryl methyl sites for hydroxylation is 1. The molecule has 176 valence electrons. The maximum absolute atomic E-state index is 13.2. The van der Waals surface area contributed by atoms with Gasteiger partial charge in [-0.2, -0.15) is 11.3 Å². The van der Waals surface area contributed by atoms with E-state index in [1.807, 2.05) is 37.4 Å². The molecule has 0 bridgehead atoms. The molecule has 2 aromatic carbocycles. The summed E-state index contributed by atoms with van der Waals surface area (Å²) in [6, 6.07) is 14.7. The summed E-state index contributed by atoms with van der Waals surface area (Å²) >= 11 is 1.45. The fraction of sp³-hybridized carbons (Fsp3) is 0.269. The molecule has 2 N–H and O–H groups in total. The molecule has 1 aliphatic rings. The number of rotatable bonds is 6. The van der Waals surface area contributed by atoms with Crippen molar-refractivity contribution in [3.63, 3.8) is 0 Å². The van der Waals surface area contributed by atoms with Gasteiger partial charge in [-0.25, -0.2) is 0 Å². The maximum atomic E-state index is 13.2. The molecule has 1 saturated heterocycles. The van der Waals surface area contributed by atoms with Crippen molar-refractivity contribution in [2.45, 2.75) is 13.8 Å². The Morgan fingerprint density at radius 3 is 2.35 bits per heavy atom. The van der Waals surface area contributed by atoms with Gasteiger partial charge in [0.1, 0.15) is 0 Å². The van der Waals surface area contributed by atoms with Crippen molar-refractivity contribution in [1.29, 1.82) is 0 Å². The SMILES string of the molecule is Cc1cccc(NC(=O)CN2CCN(C(=O)c3ccccc3NC(=O)c3ccsc3)CC2)c1C. The van der Waals surface area contributed by atoms with Gasteiger partial charge < -0.3 is 15.5 Å². The summed E-state index contributed by atoms with van der Waals surface area (Å²) in [6.07, 6.45) is 0. The van der Waals surface area contributed by atoms with Crippen molar-refractivity contribution < 1.29 is 14.4 Å². The van der Waals surface area contributed by atoms with Gasteiger partial charge in [0.15, 0.2) is 0 Å². The Balaban J connectivity index is 1.33. The summed E-state index contributed by atoms with van der Waals surface area (Å²) in [7, 11) is 0. The van der Waals surface area contributed by atoms with Crippen LogP contribution in [-0.2, 0) is 4.79 Å². The minimum absolute atomic E-state index is 0.0602. The summed E-state index contributed by atoms with van der Waals surface area (Å²) in [5, 5.41) is 9.47. The van der Waals surface area contributed by atoms with Crippen LogP contribution in [0.1, 0.15) is 31.8 Å². The second kappa shape index (κ2) is 10.6. The Bertz CT molecular complexity index is 1180. The number of thiophene rings is 1. The van der Waals surface area contributed by atoms with Crippen molar-refractivity contribution in [2.24, 2.45) is 0 Å². The molecule has 0 radical (unpaired) electrons. The summed E-state index contributed by atoms with van der Waals surface area (Å²) in [4.78, 5) is 42.1. The van der Waals surface area contributed by atoms with Gasteiger partial charge in [-0.1, -0.05) is 24.3 Å². The molecule has 8 heteroatoms. The normalized spacial score (nSPS) is 14.0. The molecule has 1 fully saturated rings. The molecule has 0 aliphatic carbocycles. The number of hydrogen-bond donors (Lipinski definition) is 2. The van der Waals surface area contributed by atoms with Gasteiger partial charge in [0.25, 0.3) is 11.8 Å². The van der Waals surface area contributed by atoms with Crippen molar-refractivity contribution in [3.05, 3.63) is 81.5 Å². The quantitative estimate of drug-likeness (QED) is 0.563. The molecule has 1 aromatic heterocycles. The molecule has 7 nitrogen and oxygen atoms in total. The number of carbonyl (C=O) groups is 3. The number of nitrogens with zero attached hydrogens (tertiary/aromatic N) is 2. The third kappa shape index (κ3) is 5.52. The highest BCUT2D eigenvalue weighted by molar-refractivity contribution is 7.08. The Morgan fingerprint density at radius 2 is 1.62 bits per heavy atom. The molecule has 0 unspecified atom stereocenters. The van der Waals surface area contributed by atoms with Crippen LogP contribution in [-0.4, -0.2) is 60.2 Å². The first-order valence-corrected chi connectivity index (χ1v) is 12.2. The van der Waals surface area contributed by atoms with Crippen LogP contribution in [0.2, 0.25) is 0 Å². The number of amides is 3. The third-order valence-corrected chi connectivity index (χ3v) is 6.78. The first kappa shape index (κ1) is 23.7. The smallest absolute Gasteiger partial charge is 0.256 e. The van der Waals surface area contributed by atoms with Crippen molar-refractivity contribution in [1.82, 2.24) is 9.80 Å². The molecule has 1 aliphatic heterocycles. The fourth-order valence-corrected chi connectivity index (χ4v) is 4.56. The summed E-state index contributed by atoms with van der Waals surface area (Å²) in [6.45, 7) is 6.54. The van der Waals surface area contributed by atoms with E-state index in [2.05, 4.69) is 15.5 Å². The zero-order valence-electron chi connectivity index (χ0n) is 19.3. The summed E-state index contributed by atoms with van der Waals surface area (Å²) in [5.74, 6) is -0.420. The van der Waals surface area contributed by atoms with Crippen LogP contribution in [0.4, 0.5) is 11.4 Å². The number of carbonyl (C=O) groups excluding carboxylic acids is 3. The third-order valence-electron chi connectivity index (χ3n) is 6.09. The zero-order chi connectivity index (χ0) is 24.1. The molecular formula is C26H28N4O3S. The highest BCUT2D eigenvalue weighted by atomic mass is 32.1. The molecule has 3 amide bonds. The number of anilines is 2. The van der Waals surface area contributed by atoms with E-state index in [1.165, 1.54) is 11.3 Å². The van der Waals surface area contributed by atoms with Crippen LogP contribution in [0, 0.1) is 13.8 Å². The summed E-state index contributed by atoms with van der Waals surface area (Å²) < 4.78 is 0. The van der Waals surface area contributed by atoms with Crippen LogP contribution in [0.15, 0.2) is 59.3 Å². The topological polar surface area (TPSA) is 81.8 Å². The van der Waals surface area contributed by atoms with Gasteiger partial charge in [-0.05, 0) is 54.6 Å². The van der Waals surface area contributed by atoms with Crippen molar-refractivity contribution in [2.75, 3.05) is 43.4 Å². The first-order valence-electron chi connectivity index (χ1n) is 11.2. The van der Waals surface area contributed by atoms with Crippen molar-refractivity contribution >= 4 is 40.4 Å². The predicted molar refractivity (Wildman–Crippen MR) is 136 cm³/mol. The van der Waals surface area contributed by atoms with E-state index < -0.39 is 0 Å². The van der Waals surface area contributed by atoms with Crippen LogP contribution in [0.5, 0.6) is 0 Å².